The Morgan fingerprint density at radius 3 is 2.64 bits per heavy atom. The molecule has 39 heavy (non-hydrogen) atoms. The fourth-order valence-corrected chi connectivity index (χ4v) is 4.21. The summed E-state index contributed by atoms with van der Waals surface area (Å²) in [5, 5.41) is 9.06. The standard InChI is InChI=1S/C27H23FN6O5/c1-14-2-5-16(6-3-14)23(24(29)36)33-27(38)21-10-20(32-25-19(28)12-31-34(21)25)26(37)30-11-15-4-7-22-17(8-15)9-18(35)13-39-22/h2-8,10,12,23H,9,11,13H2,1H3,(H2,29,36)(H,30,37)(H,33,38)/t23-/m1/s1. The van der Waals surface area contributed by atoms with E-state index in [1.54, 1.807) is 42.5 Å². The highest BCUT2D eigenvalue weighted by Gasteiger charge is 2.25. The van der Waals surface area contributed by atoms with E-state index in [1.165, 1.54) is 0 Å². The third kappa shape index (κ3) is 5.30. The van der Waals surface area contributed by atoms with Crippen LogP contribution >= 0.6 is 0 Å². The first-order chi connectivity index (χ1) is 18.7. The summed E-state index contributed by atoms with van der Waals surface area (Å²) in [7, 11) is 0. The van der Waals surface area contributed by atoms with Crippen molar-refractivity contribution in [3.63, 3.8) is 0 Å². The maximum absolute atomic E-state index is 14.4. The molecule has 0 spiro atoms. The molecule has 2 aromatic heterocycles. The second-order valence-corrected chi connectivity index (χ2v) is 9.10. The number of nitrogens with one attached hydrogen (secondary N) is 2. The molecular formula is C27H23FN6O5. The van der Waals surface area contributed by atoms with Crippen molar-refractivity contribution < 1.29 is 28.3 Å². The van der Waals surface area contributed by atoms with E-state index in [-0.39, 0.29) is 42.4 Å². The van der Waals surface area contributed by atoms with Crippen LogP contribution in [0.4, 0.5) is 4.39 Å². The zero-order valence-electron chi connectivity index (χ0n) is 20.7. The molecule has 0 unspecified atom stereocenters. The number of ether oxygens (including phenoxy) is 1. The predicted molar refractivity (Wildman–Crippen MR) is 135 cm³/mol. The fourth-order valence-electron chi connectivity index (χ4n) is 4.21. The molecule has 4 aromatic rings. The smallest absolute Gasteiger partial charge is 0.271 e. The average Bonchev–Trinajstić information content (AvgIpc) is 3.30. The van der Waals surface area contributed by atoms with Crippen LogP contribution in [0.15, 0.2) is 54.7 Å². The van der Waals surface area contributed by atoms with E-state index in [4.69, 9.17) is 10.5 Å². The Morgan fingerprint density at radius 1 is 1.13 bits per heavy atom. The van der Waals surface area contributed by atoms with E-state index in [9.17, 15) is 23.6 Å². The molecule has 0 fully saturated rings. The van der Waals surface area contributed by atoms with Gasteiger partial charge in [-0.05, 0) is 30.2 Å². The summed E-state index contributed by atoms with van der Waals surface area (Å²) >= 11 is 0. The van der Waals surface area contributed by atoms with Gasteiger partial charge in [-0.25, -0.2) is 13.9 Å². The number of primary amides is 1. The molecule has 1 aliphatic heterocycles. The molecule has 12 heteroatoms. The Kier molecular flexibility index (Phi) is 6.75. The molecule has 3 heterocycles. The van der Waals surface area contributed by atoms with Crippen LogP contribution in [-0.2, 0) is 22.6 Å². The molecule has 2 aromatic carbocycles. The van der Waals surface area contributed by atoms with Crippen LogP contribution in [-0.4, -0.2) is 44.7 Å². The highest BCUT2D eigenvalue weighted by Crippen LogP contribution is 2.24. The summed E-state index contributed by atoms with van der Waals surface area (Å²) in [6.45, 7) is 1.98. The van der Waals surface area contributed by atoms with Gasteiger partial charge in [-0.1, -0.05) is 35.9 Å². The lowest BCUT2D eigenvalue weighted by atomic mass is 10.0. The largest absolute Gasteiger partial charge is 0.486 e. The lowest BCUT2D eigenvalue weighted by Crippen LogP contribution is -2.38. The van der Waals surface area contributed by atoms with Crippen molar-refractivity contribution >= 4 is 29.2 Å². The quantitative estimate of drug-likeness (QED) is 0.327. The number of aromatic nitrogens is 3. The third-order valence-electron chi connectivity index (χ3n) is 6.22. The summed E-state index contributed by atoms with van der Waals surface area (Å²) < 4.78 is 20.8. The van der Waals surface area contributed by atoms with Crippen molar-refractivity contribution in [2.24, 2.45) is 5.73 Å². The van der Waals surface area contributed by atoms with Gasteiger partial charge in [-0.15, -0.1) is 0 Å². The number of fused-ring (bicyclic) bond motifs is 2. The van der Waals surface area contributed by atoms with Crippen LogP contribution in [0.1, 0.15) is 49.3 Å². The fraction of sp³-hybridized carbons (Fsp3) is 0.185. The lowest BCUT2D eigenvalue weighted by molar-refractivity contribution is -0.121. The number of Topliss-reactive ketones (excluding diaryl/α,β-unsaturated/α-hetero) is 1. The number of aryl methyl sites for hydroxylation is 1. The third-order valence-corrected chi connectivity index (χ3v) is 6.22. The number of hydrogen-bond donors (Lipinski definition) is 3. The lowest BCUT2D eigenvalue weighted by Gasteiger charge is -2.17. The van der Waals surface area contributed by atoms with Crippen LogP contribution < -0.4 is 21.1 Å². The van der Waals surface area contributed by atoms with Gasteiger partial charge < -0.3 is 21.1 Å². The Labute approximate surface area is 221 Å². The first-order valence-electron chi connectivity index (χ1n) is 11.9. The number of halogens is 1. The molecule has 1 aliphatic rings. The minimum absolute atomic E-state index is 0.0313. The van der Waals surface area contributed by atoms with Crippen LogP contribution in [0.2, 0.25) is 0 Å². The normalized spacial score (nSPS) is 13.3. The van der Waals surface area contributed by atoms with Crippen LogP contribution in [0.5, 0.6) is 5.75 Å². The minimum Gasteiger partial charge on any atom is -0.486 e. The first kappa shape index (κ1) is 25.5. The van der Waals surface area contributed by atoms with Gasteiger partial charge in [0.25, 0.3) is 11.8 Å². The van der Waals surface area contributed by atoms with Gasteiger partial charge in [-0.2, -0.15) is 5.10 Å². The summed E-state index contributed by atoms with van der Waals surface area (Å²) in [6.07, 6.45) is 1.10. The molecule has 0 saturated carbocycles. The van der Waals surface area contributed by atoms with E-state index in [0.717, 1.165) is 27.9 Å². The highest BCUT2D eigenvalue weighted by molar-refractivity contribution is 6.00. The molecule has 0 radical (unpaired) electrons. The second-order valence-electron chi connectivity index (χ2n) is 9.10. The molecule has 0 aliphatic carbocycles. The number of carbonyl (C=O) groups is 4. The van der Waals surface area contributed by atoms with Crippen molar-refractivity contribution in [2.75, 3.05) is 6.61 Å². The molecule has 5 rings (SSSR count). The monoisotopic (exact) mass is 530 g/mol. The summed E-state index contributed by atoms with van der Waals surface area (Å²) in [5.41, 5.74) is 7.55. The van der Waals surface area contributed by atoms with Crippen molar-refractivity contribution in [3.05, 3.63) is 94.2 Å². The number of rotatable bonds is 7. The van der Waals surface area contributed by atoms with E-state index in [1.807, 2.05) is 6.92 Å². The Bertz CT molecular complexity index is 1630. The number of nitrogens with zero attached hydrogens (tertiary/aromatic N) is 3. The molecule has 4 N–H and O–H groups in total. The average molecular weight is 531 g/mol. The molecule has 3 amide bonds. The first-order valence-corrected chi connectivity index (χ1v) is 11.9. The number of nitrogens with two attached hydrogens (primary N) is 1. The second kappa shape index (κ2) is 10.3. The highest BCUT2D eigenvalue weighted by atomic mass is 19.1. The molecule has 198 valence electrons. The van der Waals surface area contributed by atoms with Crippen LogP contribution in [0.25, 0.3) is 5.65 Å². The number of amides is 3. The topological polar surface area (TPSA) is 158 Å². The predicted octanol–water partition coefficient (Wildman–Crippen LogP) is 1.57. The maximum Gasteiger partial charge on any atom is 0.271 e. The van der Waals surface area contributed by atoms with Crippen molar-refractivity contribution in [2.45, 2.75) is 25.9 Å². The van der Waals surface area contributed by atoms with Crippen molar-refractivity contribution in [1.82, 2.24) is 25.2 Å². The van der Waals surface area contributed by atoms with Gasteiger partial charge in [0, 0.05) is 24.6 Å². The van der Waals surface area contributed by atoms with Gasteiger partial charge in [0.15, 0.2) is 17.2 Å². The number of hydrogen-bond acceptors (Lipinski definition) is 7. The summed E-state index contributed by atoms with van der Waals surface area (Å²) in [4.78, 5) is 54.1. The molecule has 0 saturated heterocycles. The molecule has 11 nitrogen and oxygen atoms in total. The Morgan fingerprint density at radius 2 is 1.90 bits per heavy atom. The van der Waals surface area contributed by atoms with E-state index in [0.29, 0.717) is 16.9 Å². The van der Waals surface area contributed by atoms with Gasteiger partial charge in [0.1, 0.15) is 29.8 Å². The van der Waals surface area contributed by atoms with E-state index >= 15 is 0 Å². The zero-order valence-corrected chi connectivity index (χ0v) is 20.7. The number of benzene rings is 2. The molecule has 0 bridgehead atoms. The van der Waals surface area contributed by atoms with E-state index in [2.05, 4.69) is 20.7 Å². The summed E-state index contributed by atoms with van der Waals surface area (Å²) in [5.74, 6) is -2.58. The SMILES string of the molecule is Cc1ccc([C@@H](NC(=O)c2cc(C(=O)NCc3ccc4c(c3)CC(=O)CO4)nc3c(F)cnn23)C(N)=O)cc1. The number of carbonyl (C=O) groups excluding carboxylic acids is 4. The van der Waals surface area contributed by atoms with Crippen LogP contribution in [0.3, 0.4) is 0 Å². The van der Waals surface area contributed by atoms with Crippen LogP contribution in [0, 0.1) is 12.7 Å². The number of ketones is 1. The Hall–Kier alpha value is -5.13. The summed E-state index contributed by atoms with van der Waals surface area (Å²) in [6, 6.07) is 12.0. The molecule has 1 atom stereocenters. The zero-order chi connectivity index (χ0) is 27.7. The van der Waals surface area contributed by atoms with Crippen molar-refractivity contribution in [1.29, 1.82) is 0 Å². The van der Waals surface area contributed by atoms with Crippen molar-refractivity contribution in [3.8, 4) is 5.75 Å². The van der Waals surface area contributed by atoms with Gasteiger partial charge in [-0.3, -0.25) is 19.2 Å². The van der Waals surface area contributed by atoms with Gasteiger partial charge in [0.2, 0.25) is 5.91 Å². The van der Waals surface area contributed by atoms with E-state index < -0.39 is 29.6 Å². The minimum atomic E-state index is -1.18. The van der Waals surface area contributed by atoms with Gasteiger partial charge >= 0.3 is 0 Å². The Balaban J connectivity index is 1.39. The molecular weight excluding hydrogens is 507 g/mol. The van der Waals surface area contributed by atoms with Gasteiger partial charge in [0.05, 0.1) is 6.20 Å². The maximum atomic E-state index is 14.4.